The van der Waals surface area contributed by atoms with E-state index < -0.39 is 0 Å². The van der Waals surface area contributed by atoms with E-state index in [4.69, 9.17) is 4.74 Å². The van der Waals surface area contributed by atoms with E-state index in [0.29, 0.717) is 5.60 Å². The minimum Gasteiger partial charge on any atom is -0.375 e. The summed E-state index contributed by atoms with van der Waals surface area (Å²) in [4.78, 5) is 0. The van der Waals surface area contributed by atoms with Crippen LogP contribution < -0.4 is 5.32 Å². The molecule has 94 valence electrons. The highest BCUT2D eigenvalue weighted by Gasteiger charge is 2.42. The Hall–Kier alpha value is -0.0800. The van der Waals surface area contributed by atoms with Gasteiger partial charge >= 0.3 is 0 Å². The summed E-state index contributed by atoms with van der Waals surface area (Å²) in [6.45, 7) is 7.86. The van der Waals surface area contributed by atoms with Crippen LogP contribution in [0.2, 0.25) is 0 Å². The van der Waals surface area contributed by atoms with Crippen molar-refractivity contribution in [3.8, 4) is 0 Å². The molecule has 0 amide bonds. The van der Waals surface area contributed by atoms with Gasteiger partial charge in [-0.3, -0.25) is 0 Å². The molecule has 1 saturated heterocycles. The van der Waals surface area contributed by atoms with Crippen molar-refractivity contribution in [2.24, 2.45) is 11.8 Å². The van der Waals surface area contributed by atoms with Gasteiger partial charge in [0, 0.05) is 6.61 Å². The first-order valence-electron chi connectivity index (χ1n) is 7.09. The quantitative estimate of drug-likeness (QED) is 0.776. The smallest absolute Gasteiger partial charge is 0.0685 e. The van der Waals surface area contributed by atoms with E-state index in [-0.39, 0.29) is 0 Å². The SMILES string of the molecule is CCNCC(C)CC1CCOC2(CCC2)C1. The standard InChI is InChI=1S/C14H27NO/c1-3-15-11-12(2)9-13-5-8-16-14(10-13)6-4-7-14/h12-13,15H,3-11H2,1-2H3. The molecule has 2 aliphatic rings. The molecule has 1 aliphatic carbocycles. The second kappa shape index (κ2) is 5.50. The Labute approximate surface area is 100 Å². The molecule has 2 fully saturated rings. The summed E-state index contributed by atoms with van der Waals surface area (Å²) in [6.07, 6.45) is 8.05. The molecule has 0 bridgehead atoms. The van der Waals surface area contributed by atoms with E-state index >= 15 is 0 Å². The highest BCUT2D eigenvalue weighted by atomic mass is 16.5. The number of ether oxygens (including phenoxy) is 1. The summed E-state index contributed by atoms with van der Waals surface area (Å²) >= 11 is 0. The molecular weight excluding hydrogens is 198 g/mol. The lowest BCUT2D eigenvalue weighted by Gasteiger charge is -2.47. The van der Waals surface area contributed by atoms with Crippen LogP contribution in [0.3, 0.4) is 0 Å². The number of nitrogens with one attached hydrogen (secondary N) is 1. The van der Waals surface area contributed by atoms with Crippen LogP contribution in [0.25, 0.3) is 0 Å². The van der Waals surface area contributed by atoms with Crippen LogP contribution in [0.1, 0.15) is 52.4 Å². The number of hydrogen-bond donors (Lipinski definition) is 1. The van der Waals surface area contributed by atoms with Crippen molar-refractivity contribution in [2.75, 3.05) is 19.7 Å². The van der Waals surface area contributed by atoms with Gasteiger partial charge in [0.1, 0.15) is 0 Å². The van der Waals surface area contributed by atoms with Crippen LogP contribution in [0.15, 0.2) is 0 Å². The van der Waals surface area contributed by atoms with Crippen molar-refractivity contribution in [3.63, 3.8) is 0 Å². The zero-order chi connectivity index (χ0) is 11.4. The van der Waals surface area contributed by atoms with Crippen LogP contribution in [0, 0.1) is 11.8 Å². The molecule has 16 heavy (non-hydrogen) atoms. The topological polar surface area (TPSA) is 21.3 Å². The molecule has 1 N–H and O–H groups in total. The molecule has 2 atom stereocenters. The fraction of sp³-hybridized carbons (Fsp3) is 1.00. The van der Waals surface area contributed by atoms with Crippen molar-refractivity contribution in [3.05, 3.63) is 0 Å². The van der Waals surface area contributed by atoms with Crippen LogP contribution >= 0.6 is 0 Å². The molecule has 0 aromatic rings. The van der Waals surface area contributed by atoms with Gasteiger partial charge in [-0.25, -0.2) is 0 Å². The summed E-state index contributed by atoms with van der Waals surface area (Å²) in [5.41, 5.74) is 0.334. The Morgan fingerprint density at radius 2 is 2.25 bits per heavy atom. The maximum absolute atomic E-state index is 5.98. The van der Waals surface area contributed by atoms with Gasteiger partial charge < -0.3 is 10.1 Å². The number of hydrogen-bond acceptors (Lipinski definition) is 2. The fourth-order valence-corrected chi connectivity index (χ4v) is 3.29. The van der Waals surface area contributed by atoms with Crippen LogP contribution in [0.4, 0.5) is 0 Å². The van der Waals surface area contributed by atoms with Gasteiger partial charge in [0.15, 0.2) is 0 Å². The van der Waals surface area contributed by atoms with E-state index in [1.165, 1.54) is 45.1 Å². The van der Waals surface area contributed by atoms with Gasteiger partial charge in [0.2, 0.25) is 0 Å². The predicted octanol–water partition coefficient (Wildman–Crippen LogP) is 2.97. The Morgan fingerprint density at radius 3 is 2.88 bits per heavy atom. The molecule has 2 heteroatoms. The highest BCUT2D eigenvalue weighted by Crippen LogP contribution is 2.45. The minimum absolute atomic E-state index is 0.334. The monoisotopic (exact) mass is 225 g/mol. The van der Waals surface area contributed by atoms with Gasteiger partial charge in [0.25, 0.3) is 0 Å². The molecule has 0 aromatic heterocycles. The molecular formula is C14H27NO. The molecule has 1 saturated carbocycles. The molecule has 2 nitrogen and oxygen atoms in total. The van der Waals surface area contributed by atoms with Crippen LogP contribution in [0.5, 0.6) is 0 Å². The predicted molar refractivity (Wildman–Crippen MR) is 67.6 cm³/mol. The first-order valence-corrected chi connectivity index (χ1v) is 7.09. The third-order valence-electron chi connectivity index (χ3n) is 4.34. The maximum atomic E-state index is 5.98. The molecule has 2 rings (SSSR count). The fourth-order valence-electron chi connectivity index (χ4n) is 3.29. The Bertz CT molecular complexity index is 213. The summed E-state index contributed by atoms with van der Waals surface area (Å²) in [5, 5.41) is 3.46. The van der Waals surface area contributed by atoms with Crippen molar-refractivity contribution in [1.82, 2.24) is 5.32 Å². The van der Waals surface area contributed by atoms with Crippen LogP contribution in [-0.4, -0.2) is 25.3 Å². The number of rotatable bonds is 5. The molecule has 1 heterocycles. The van der Waals surface area contributed by atoms with Gasteiger partial charge in [-0.2, -0.15) is 0 Å². The molecule has 1 aliphatic heterocycles. The molecule has 0 radical (unpaired) electrons. The second-order valence-electron chi connectivity index (χ2n) is 5.89. The van der Waals surface area contributed by atoms with E-state index in [9.17, 15) is 0 Å². The zero-order valence-electron chi connectivity index (χ0n) is 10.9. The van der Waals surface area contributed by atoms with E-state index in [2.05, 4.69) is 19.2 Å². The largest absolute Gasteiger partial charge is 0.375 e. The third-order valence-corrected chi connectivity index (χ3v) is 4.34. The van der Waals surface area contributed by atoms with Gasteiger partial charge in [-0.1, -0.05) is 13.8 Å². The Balaban J connectivity index is 1.72. The van der Waals surface area contributed by atoms with Crippen molar-refractivity contribution < 1.29 is 4.74 Å². The van der Waals surface area contributed by atoms with Gasteiger partial charge in [-0.15, -0.1) is 0 Å². The second-order valence-corrected chi connectivity index (χ2v) is 5.89. The van der Waals surface area contributed by atoms with Crippen molar-refractivity contribution in [1.29, 1.82) is 0 Å². The lowest BCUT2D eigenvalue weighted by molar-refractivity contribution is -0.145. The zero-order valence-corrected chi connectivity index (χ0v) is 10.9. The van der Waals surface area contributed by atoms with E-state index in [1.807, 2.05) is 0 Å². The van der Waals surface area contributed by atoms with Crippen molar-refractivity contribution >= 4 is 0 Å². The molecule has 2 unspecified atom stereocenters. The van der Waals surface area contributed by atoms with Crippen molar-refractivity contribution in [2.45, 2.75) is 58.0 Å². The van der Waals surface area contributed by atoms with Gasteiger partial charge in [0.05, 0.1) is 5.60 Å². The third kappa shape index (κ3) is 2.98. The highest BCUT2D eigenvalue weighted by molar-refractivity contribution is 4.94. The lowest BCUT2D eigenvalue weighted by Crippen LogP contribution is -2.45. The normalized spacial score (nSPS) is 30.0. The first-order chi connectivity index (χ1) is 7.74. The summed E-state index contributed by atoms with van der Waals surface area (Å²) in [7, 11) is 0. The van der Waals surface area contributed by atoms with E-state index in [0.717, 1.165) is 25.0 Å². The average molecular weight is 225 g/mol. The molecule has 0 aromatic carbocycles. The first kappa shape index (κ1) is 12.4. The Kier molecular flexibility index (Phi) is 4.26. The Morgan fingerprint density at radius 1 is 1.44 bits per heavy atom. The van der Waals surface area contributed by atoms with Crippen LogP contribution in [-0.2, 0) is 4.74 Å². The van der Waals surface area contributed by atoms with E-state index in [1.54, 1.807) is 0 Å². The van der Waals surface area contributed by atoms with Gasteiger partial charge in [-0.05, 0) is 63.5 Å². The lowest BCUT2D eigenvalue weighted by atomic mass is 9.70. The summed E-state index contributed by atoms with van der Waals surface area (Å²) in [6, 6.07) is 0. The maximum Gasteiger partial charge on any atom is 0.0685 e. The summed E-state index contributed by atoms with van der Waals surface area (Å²) in [5.74, 6) is 1.74. The minimum atomic E-state index is 0.334. The summed E-state index contributed by atoms with van der Waals surface area (Å²) < 4.78 is 5.98. The molecule has 1 spiro atoms. The average Bonchev–Trinajstić information content (AvgIpc) is 2.24.